The molecule has 1 aliphatic rings. The van der Waals surface area contributed by atoms with Crippen LogP contribution in [0.1, 0.15) is 37.1 Å². The summed E-state index contributed by atoms with van der Waals surface area (Å²) in [5.74, 6) is 1.17. The highest BCUT2D eigenvalue weighted by molar-refractivity contribution is 9.10. The molecule has 2 atom stereocenters. The van der Waals surface area contributed by atoms with Gasteiger partial charge < -0.3 is 15.6 Å². The van der Waals surface area contributed by atoms with Gasteiger partial charge in [0.05, 0.1) is 0 Å². The van der Waals surface area contributed by atoms with Crippen molar-refractivity contribution in [2.45, 2.75) is 31.2 Å². The number of carbonyl (C=O) groups is 1. The first-order chi connectivity index (χ1) is 11.0. The van der Waals surface area contributed by atoms with E-state index in [-0.39, 0.29) is 11.8 Å². The number of aromatic amines is 1. The summed E-state index contributed by atoms with van der Waals surface area (Å²) in [4.78, 5) is 22.3. The van der Waals surface area contributed by atoms with Crippen molar-refractivity contribution in [1.82, 2.24) is 14.9 Å². The number of H-pyrrole nitrogens is 1. The standard InChI is InChI=1S/C17H21BrN4O/c1-17(19,13-4-6-14(18)7-5-13)16(23)22-10-2-3-12(11-22)15-20-8-9-21-15/h4-9,12H,2-3,10-11,19H2,1H3,(H,20,21). The second-order valence-corrected chi connectivity index (χ2v) is 7.19. The van der Waals surface area contributed by atoms with Crippen molar-refractivity contribution in [3.8, 4) is 0 Å². The van der Waals surface area contributed by atoms with Crippen molar-refractivity contribution < 1.29 is 4.79 Å². The molecule has 1 saturated heterocycles. The monoisotopic (exact) mass is 376 g/mol. The zero-order valence-corrected chi connectivity index (χ0v) is 14.7. The number of piperidine rings is 1. The van der Waals surface area contributed by atoms with Crippen molar-refractivity contribution in [2.24, 2.45) is 5.73 Å². The number of likely N-dealkylation sites (tertiary alicyclic amines) is 1. The van der Waals surface area contributed by atoms with Gasteiger partial charge in [-0.25, -0.2) is 4.98 Å². The number of benzene rings is 1. The van der Waals surface area contributed by atoms with Crippen molar-refractivity contribution in [3.05, 3.63) is 52.5 Å². The molecule has 0 spiro atoms. The molecule has 23 heavy (non-hydrogen) atoms. The fourth-order valence-corrected chi connectivity index (χ4v) is 3.40. The van der Waals surface area contributed by atoms with Gasteiger partial charge in [-0.2, -0.15) is 0 Å². The molecule has 122 valence electrons. The molecule has 2 unspecified atom stereocenters. The maximum absolute atomic E-state index is 13.0. The lowest BCUT2D eigenvalue weighted by atomic mass is 9.89. The molecule has 1 amide bonds. The lowest BCUT2D eigenvalue weighted by Gasteiger charge is -2.37. The predicted molar refractivity (Wildman–Crippen MR) is 92.8 cm³/mol. The van der Waals surface area contributed by atoms with Crippen LogP contribution in [0.25, 0.3) is 0 Å². The van der Waals surface area contributed by atoms with Gasteiger partial charge in [0.25, 0.3) is 0 Å². The van der Waals surface area contributed by atoms with E-state index in [0.29, 0.717) is 6.54 Å². The summed E-state index contributed by atoms with van der Waals surface area (Å²) in [7, 11) is 0. The Morgan fingerprint density at radius 3 is 2.83 bits per heavy atom. The lowest BCUT2D eigenvalue weighted by Crippen LogP contribution is -2.53. The Labute approximate surface area is 144 Å². The molecule has 1 aliphatic heterocycles. The van der Waals surface area contributed by atoms with E-state index < -0.39 is 5.54 Å². The van der Waals surface area contributed by atoms with E-state index in [1.54, 1.807) is 13.1 Å². The van der Waals surface area contributed by atoms with Gasteiger partial charge in [-0.15, -0.1) is 0 Å². The van der Waals surface area contributed by atoms with Crippen LogP contribution in [0.3, 0.4) is 0 Å². The number of halogens is 1. The number of nitrogens with one attached hydrogen (secondary N) is 1. The largest absolute Gasteiger partial charge is 0.348 e. The molecule has 6 heteroatoms. The van der Waals surface area contributed by atoms with E-state index in [9.17, 15) is 4.79 Å². The smallest absolute Gasteiger partial charge is 0.246 e. The van der Waals surface area contributed by atoms with E-state index in [0.717, 1.165) is 35.2 Å². The average Bonchev–Trinajstić information content (AvgIpc) is 3.09. The Bertz CT molecular complexity index is 666. The van der Waals surface area contributed by atoms with Crippen LogP contribution in [0.4, 0.5) is 0 Å². The first kappa shape index (κ1) is 16.2. The van der Waals surface area contributed by atoms with E-state index in [2.05, 4.69) is 25.9 Å². The van der Waals surface area contributed by atoms with Crippen LogP contribution in [0, 0.1) is 0 Å². The van der Waals surface area contributed by atoms with Crippen LogP contribution in [0.5, 0.6) is 0 Å². The molecule has 1 fully saturated rings. The minimum absolute atomic E-state index is 0.0314. The molecule has 0 radical (unpaired) electrons. The summed E-state index contributed by atoms with van der Waals surface area (Å²) in [6, 6.07) is 7.62. The maximum Gasteiger partial charge on any atom is 0.246 e. The van der Waals surface area contributed by atoms with Gasteiger partial charge >= 0.3 is 0 Å². The Balaban J connectivity index is 1.77. The van der Waals surface area contributed by atoms with E-state index in [1.807, 2.05) is 35.4 Å². The second-order valence-electron chi connectivity index (χ2n) is 6.27. The number of imidazole rings is 1. The number of hydrogen-bond acceptors (Lipinski definition) is 3. The number of carbonyl (C=O) groups excluding carboxylic acids is 1. The fraction of sp³-hybridized carbons (Fsp3) is 0.412. The van der Waals surface area contributed by atoms with Crippen LogP contribution < -0.4 is 5.73 Å². The van der Waals surface area contributed by atoms with Crippen molar-refractivity contribution in [3.63, 3.8) is 0 Å². The number of aromatic nitrogens is 2. The summed E-state index contributed by atoms with van der Waals surface area (Å²) in [6.45, 7) is 3.20. The topological polar surface area (TPSA) is 75.0 Å². The van der Waals surface area contributed by atoms with Crippen LogP contribution in [0.15, 0.2) is 41.1 Å². The third-order valence-corrected chi connectivity index (χ3v) is 5.03. The summed E-state index contributed by atoms with van der Waals surface area (Å²) < 4.78 is 0.973. The van der Waals surface area contributed by atoms with Crippen molar-refractivity contribution in [2.75, 3.05) is 13.1 Å². The molecule has 0 bridgehead atoms. The minimum Gasteiger partial charge on any atom is -0.348 e. The molecule has 2 aromatic rings. The third-order valence-electron chi connectivity index (χ3n) is 4.50. The van der Waals surface area contributed by atoms with Gasteiger partial charge in [0.1, 0.15) is 11.4 Å². The molecule has 3 rings (SSSR count). The Kier molecular flexibility index (Phi) is 4.55. The summed E-state index contributed by atoms with van der Waals surface area (Å²) in [6.07, 6.45) is 5.58. The first-order valence-corrected chi connectivity index (χ1v) is 8.61. The summed E-state index contributed by atoms with van der Waals surface area (Å²) in [5.41, 5.74) is 6.20. The third kappa shape index (κ3) is 3.33. The summed E-state index contributed by atoms with van der Waals surface area (Å²) in [5, 5.41) is 0. The second kappa shape index (κ2) is 6.45. The molecule has 5 nitrogen and oxygen atoms in total. The zero-order chi connectivity index (χ0) is 16.4. The molecule has 3 N–H and O–H groups in total. The summed E-state index contributed by atoms with van der Waals surface area (Å²) >= 11 is 3.41. The van der Waals surface area contributed by atoms with E-state index in [1.165, 1.54) is 0 Å². The number of nitrogens with two attached hydrogens (primary N) is 1. The van der Waals surface area contributed by atoms with Gasteiger partial charge in [-0.05, 0) is 37.5 Å². The van der Waals surface area contributed by atoms with Gasteiger partial charge in [0.15, 0.2) is 0 Å². The van der Waals surface area contributed by atoms with Crippen LogP contribution >= 0.6 is 15.9 Å². The zero-order valence-electron chi connectivity index (χ0n) is 13.1. The fourth-order valence-electron chi connectivity index (χ4n) is 3.13. The maximum atomic E-state index is 13.0. The Morgan fingerprint density at radius 2 is 2.17 bits per heavy atom. The lowest BCUT2D eigenvalue weighted by molar-refractivity contribution is -0.138. The molecule has 0 aliphatic carbocycles. The van der Waals surface area contributed by atoms with Gasteiger partial charge in [0, 0.05) is 35.9 Å². The molecular formula is C17H21BrN4O. The van der Waals surface area contributed by atoms with Crippen LogP contribution in [-0.2, 0) is 10.3 Å². The predicted octanol–water partition coefficient (Wildman–Crippen LogP) is 2.75. The van der Waals surface area contributed by atoms with E-state index in [4.69, 9.17) is 5.73 Å². The minimum atomic E-state index is -1.02. The molecular weight excluding hydrogens is 356 g/mol. The van der Waals surface area contributed by atoms with Crippen LogP contribution in [0.2, 0.25) is 0 Å². The number of amides is 1. The molecule has 0 saturated carbocycles. The number of nitrogens with zero attached hydrogens (tertiary/aromatic N) is 2. The van der Waals surface area contributed by atoms with Crippen molar-refractivity contribution in [1.29, 1.82) is 0 Å². The number of hydrogen-bond donors (Lipinski definition) is 2. The Morgan fingerprint density at radius 1 is 1.43 bits per heavy atom. The SMILES string of the molecule is CC(N)(C(=O)N1CCCC(c2ncc[nH]2)C1)c1ccc(Br)cc1. The molecule has 1 aromatic carbocycles. The first-order valence-electron chi connectivity index (χ1n) is 7.82. The van der Waals surface area contributed by atoms with E-state index >= 15 is 0 Å². The van der Waals surface area contributed by atoms with Crippen molar-refractivity contribution >= 4 is 21.8 Å². The number of rotatable bonds is 3. The van der Waals surface area contributed by atoms with Crippen LogP contribution in [-0.4, -0.2) is 33.9 Å². The highest BCUT2D eigenvalue weighted by atomic mass is 79.9. The quantitative estimate of drug-likeness (QED) is 0.864. The average molecular weight is 377 g/mol. The molecule has 2 heterocycles. The normalized spacial score (nSPS) is 21.0. The van der Waals surface area contributed by atoms with Gasteiger partial charge in [0.2, 0.25) is 5.91 Å². The van der Waals surface area contributed by atoms with Gasteiger partial charge in [-0.3, -0.25) is 4.79 Å². The highest BCUT2D eigenvalue weighted by Gasteiger charge is 2.37. The Hall–Kier alpha value is -1.66. The highest BCUT2D eigenvalue weighted by Crippen LogP contribution is 2.28. The van der Waals surface area contributed by atoms with Gasteiger partial charge in [-0.1, -0.05) is 28.1 Å². The molecule has 1 aromatic heterocycles.